The van der Waals surface area contributed by atoms with Gasteiger partial charge in [0.1, 0.15) is 11.8 Å². The zero-order valence-electron chi connectivity index (χ0n) is 11.6. The lowest BCUT2D eigenvalue weighted by Gasteiger charge is -2.26. The summed E-state index contributed by atoms with van der Waals surface area (Å²) in [4.78, 5) is 8.90. The highest BCUT2D eigenvalue weighted by Crippen LogP contribution is 2.36. The van der Waals surface area contributed by atoms with Crippen LogP contribution in [0.1, 0.15) is 37.4 Å². The van der Waals surface area contributed by atoms with Gasteiger partial charge in [0, 0.05) is 0 Å². The Hall–Kier alpha value is -1.33. The van der Waals surface area contributed by atoms with Crippen molar-refractivity contribution in [1.29, 1.82) is 0 Å². The van der Waals surface area contributed by atoms with Crippen molar-refractivity contribution in [3.8, 4) is 11.5 Å². The highest BCUT2D eigenvalue weighted by molar-refractivity contribution is 9.10. The van der Waals surface area contributed by atoms with E-state index in [1.165, 1.54) is 0 Å². The maximum Gasteiger partial charge on any atom is 0.192 e. The lowest BCUT2D eigenvalue weighted by atomic mass is 10.1. The highest BCUT2D eigenvalue weighted by Gasteiger charge is 2.26. The molecule has 1 aliphatic rings. The van der Waals surface area contributed by atoms with Gasteiger partial charge in [-0.1, -0.05) is 37.6 Å². The van der Waals surface area contributed by atoms with Gasteiger partial charge in [0.05, 0.1) is 10.2 Å². The summed E-state index contributed by atoms with van der Waals surface area (Å²) in [6.45, 7) is 4.48. The standard InChI is InChI=1S/C15H14BrClN2O2/c1-8(2)13-12(16)14(17)19-15(18-13)11-7-20-9-5-3-4-6-10(9)21-11/h3-6,8,11H,7H2,1-2H3. The van der Waals surface area contributed by atoms with Crippen LogP contribution in [0.4, 0.5) is 0 Å². The summed E-state index contributed by atoms with van der Waals surface area (Å²) >= 11 is 9.62. The number of para-hydroxylation sites is 2. The highest BCUT2D eigenvalue weighted by atomic mass is 79.9. The number of halogens is 2. The predicted octanol–water partition coefficient (Wildman–Crippen LogP) is 4.53. The summed E-state index contributed by atoms with van der Waals surface area (Å²) in [6.07, 6.45) is -0.358. The van der Waals surface area contributed by atoms with Gasteiger partial charge in [-0.25, -0.2) is 9.97 Å². The van der Waals surface area contributed by atoms with Crippen molar-refractivity contribution >= 4 is 27.5 Å². The molecule has 1 aliphatic heterocycles. The van der Waals surface area contributed by atoms with Gasteiger partial charge in [0.15, 0.2) is 23.4 Å². The SMILES string of the molecule is CC(C)c1nc(C2COc3ccccc3O2)nc(Cl)c1Br. The summed E-state index contributed by atoms with van der Waals surface area (Å²) in [6, 6.07) is 7.55. The van der Waals surface area contributed by atoms with Crippen molar-refractivity contribution < 1.29 is 9.47 Å². The van der Waals surface area contributed by atoms with E-state index in [1.807, 2.05) is 24.3 Å². The molecule has 0 N–H and O–H groups in total. The zero-order chi connectivity index (χ0) is 15.0. The fourth-order valence-electron chi connectivity index (χ4n) is 2.13. The third-order valence-electron chi connectivity index (χ3n) is 3.20. The molecule has 0 aliphatic carbocycles. The summed E-state index contributed by atoms with van der Waals surface area (Å²) in [7, 11) is 0. The zero-order valence-corrected chi connectivity index (χ0v) is 14.0. The van der Waals surface area contributed by atoms with Crippen LogP contribution >= 0.6 is 27.5 Å². The first-order valence-corrected chi connectivity index (χ1v) is 7.84. The number of ether oxygens (including phenoxy) is 2. The minimum atomic E-state index is -0.358. The van der Waals surface area contributed by atoms with Gasteiger partial charge >= 0.3 is 0 Å². The molecule has 6 heteroatoms. The van der Waals surface area contributed by atoms with Crippen LogP contribution in [0.3, 0.4) is 0 Å². The average molecular weight is 370 g/mol. The third kappa shape index (κ3) is 2.85. The molecular formula is C15H14BrClN2O2. The molecule has 0 saturated carbocycles. The van der Waals surface area contributed by atoms with Crippen LogP contribution in [0.15, 0.2) is 28.7 Å². The molecule has 0 saturated heterocycles. The number of rotatable bonds is 2. The van der Waals surface area contributed by atoms with Crippen LogP contribution in [0.25, 0.3) is 0 Å². The van der Waals surface area contributed by atoms with Crippen molar-refractivity contribution in [2.75, 3.05) is 6.61 Å². The van der Waals surface area contributed by atoms with E-state index < -0.39 is 0 Å². The lowest BCUT2D eigenvalue weighted by molar-refractivity contribution is 0.0848. The molecule has 1 aromatic carbocycles. The molecule has 1 atom stereocenters. The number of hydrogen-bond donors (Lipinski definition) is 0. The Morgan fingerprint density at radius 3 is 2.67 bits per heavy atom. The number of nitrogens with zero attached hydrogens (tertiary/aromatic N) is 2. The molecule has 3 rings (SSSR count). The van der Waals surface area contributed by atoms with Gasteiger partial charge < -0.3 is 9.47 Å². The van der Waals surface area contributed by atoms with Crippen molar-refractivity contribution in [3.05, 3.63) is 45.4 Å². The first-order valence-electron chi connectivity index (χ1n) is 6.67. The Bertz CT molecular complexity index is 679. The smallest absolute Gasteiger partial charge is 0.192 e. The number of benzene rings is 1. The molecule has 0 radical (unpaired) electrons. The first-order chi connectivity index (χ1) is 10.1. The van der Waals surface area contributed by atoms with E-state index in [2.05, 4.69) is 39.7 Å². The van der Waals surface area contributed by atoms with Crippen LogP contribution in [0.2, 0.25) is 5.15 Å². The number of hydrogen-bond acceptors (Lipinski definition) is 4. The summed E-state index contributed by atoms with van der Waals surface area (Å²) in [5.74, 6) is 2.21. The van der Waals surface area contributed by atoms with Crippen LogP contribution < -0.4 is 9.47 Å². The normalized spacial score (nSPS) is 17.1. The van der Waals surface area contributed by atoms with Crippen molar-refractivity contribution in [2.45, 2.75) is 25.9 Å². The Morgan fingerprint density at radius 1 is 1.24 bits per heavy atom. The monoisotopic (exact) mass is 368 g/mol. The molecule has 2 aromatic rings. The molecule has 110 valence electrons. The Morgan fingerprint density at radius 2 is 1.95 bits per heavy atom. The summed E-state index contributed by atoms with van der Waals surface area (Å²) < 4.78 is 12.4. The molecule has 0 fully saturated rings. The van der Waals surface area contributed by atoms with E-state index in [0.29, 0.717) is 23.3 Å². The largest absolute Gasteiger partial charge is 0.485 e. The van der Waals surface area contributed by atoms with Gasteiger partial charge in [0.25, 0.3) is 0 Å². The van der Waals surface area contributed by atoms with E-state index in [9.17, 15) is 0 Å². The molecule has 0 amide bonds. The first kappa shape index (κ1) is 14.6. The molecule has 1 unspecified atom stereocenters. The van der Waals surface area contributed by atoms with Gasteiger partial charge in [-0.15, -0.1) is 0 Å². The van der Waals surface area contributed by atoms with Gasteiger partial charge in [-0.05, 0) is 34.0 Å². The van der Waals surface area contributed by atoms with E-state index in [0.717, 1.165) is 15.9 Å². The maximum atomic E-state index is 6.19. The Balaban J connectivity index is 1.95. The van der Waals surface area contributed by atoms with E-state index in [-0.39, 0.29) is 12.0 Å². The lowest BCUT2D eigenvalue weighted by Crippen LogP contribution is -2.24. The fourth-order valence-corrected chi connectivity index (χ4v) is 2.94. The summed E-state index contributed by atoms with van der Waals surface area (Å²) in [5.41, 5.74) is 0.868. The van der Waals surface area contributed by atoms with Crippen molar-refractivity contribution in [2.24, 2.45) is 0 Å². The molecule has 1 aromatic heterocycles. The van der Waals surface area contributed by atoms with Gasteiger partial charge in [0.2, 0.25) is 0 Å². The molecule has 4 nitrogen and oxygen atoms in total. The van der Waals surface area contributed by atoms with Crippen LogP contribution in [-0.2, 0) is 0 Å². The second-order valence-corrected chi connectivity index (χ2v) is 6.24. The van der Waals surface area contributed by atoms with Crippen molar-refractivity contribution in [3.63, 3.8) is 0 Å². The predicted molar refractivity (Wildman–Crippen MR) is 84.1 cm³/mol. The van der Waals surface area contributed by atoms with Crippen molar-refractivity contribution in [1.82, 2.24) is 9.97 Å². The molecule has 21 heavy (non-hydrogen) atoms. The Labute approximate surface area is 136 Å². The van der Waals surface area contributed by atoms with Crippen LogP contribution in [-0.4, -0.2) is 16.6 Å². The second-order valence-electron chi connectivity index (χ2n) is 5.09. The molecular weight excluding hydrogens is 356 g/mol. The molecule has 2 heterocycles. The summed E-state index contributed by atoms with van der Waals surface area (Å²) in [5, 5.41) is 0.395. The van der Waals surface area contributed by atoms with E-state index in [1.54, 1.807) is 0 Å². The molecule has 0 bridgehead atoms. The number of aromatic nitrogens is 2. The van der Waals surface area contributed by atoms with E-state index >= 15 is 0 Å². The minimum Gasteiger partial charge on any atom is -0.485 e. The quantitative estimate of drug-likeness (QED) is 0.730. The maximum absolute atomic E-state index is 6.19. The Kier molecular flexibility index (Phi) is 4.04. The fraction of sp³-hybridized carbons (Fsp3) is 0.333. The molecule has 0 spiro atoms. The van der Waals surface area contributed by atoms with Gasteiger partial charge in [-0.3, -0.25) is 0 Å². The number of fused-ring (bicyclic) bond motifs is 1. The average Bonchev–Trinajstić information content (AvgIpc) is 2.49. The van der Waals surface area contributed by atoms with Crippen LogP contribution in [0, 0.1) is 0 Å². The van der Waals surface area contributed by atoms with E-state index in [4.69, 9.17) is 21.1 Å². The topological polar surface area (TPSA) is 44.2 Å². The van der Waals surface area contributed by atoms with Gasteiger partial charge in [-0.2, -0.15) is 0 Å². The van der Waals surface area contributed by atoms with Crippen LogP contribution in [0.5, 0.6) is 11.5 Å². The minimum absolute atomic E-state index is 0.232. The second kappa shape index (κ2) is 5.81. The third-order valence-corrected chi connectivity index (χ3v) is 4.48.